The minimum Gasteiger partial charge on any atom is -0.397 e. The average molecular weight is 747 g/mol. The van der Waals surface area contributed by atoms with Crippen molar-refractivity contribution in [2.24, 2.45) is 13.0 Å². The van der Waals surface area contributed by atoms with Gasteiger partial charge in [-0.25, -0.2) is 26.0 Å². The highest BCUT2D eigenvalue weighted by molar-refractivity contribution is 7.92. The summed E-state index contributed by atoms with van der Waals surface area (Å²) in [7, 11) is -2.16. The lowest BCUT2D eigenvalue weighted by Gasteiger charge is -2.24. The number of anilines is 2. The Morgan fingerprint density at radius 1 is 1.12 bits per heavy atom. The molecule has 0 bridgehead atoms. The van der Waals surface area contributed by atoms with Crippen LogP contribution in [0.25, 0.3) is 22.0 Å². The van der Waals surface area contributed by atoms with Crippen LogP contribution in [0.2, 0.25) is 0 Å². The molecule has 0 spiro atoms. The average Bonchev–Trinajstić information content (AvgIpc) is 3.65. The van der Waals surface area contributed by atoms with Crippen molar-refractivity contribution in [3.05, 3.63) is 101 Å². The summed E-state index contributed by atoms with van der Waals surface area (Å²) < 4.78 is 116. The molecular weight excluding hydrogens is 714 g/mol. The molecule has 11 nitrogen and oxygen atoms in total. The zero-order valence-electron chi connectivity index (χ0n) is 27.9. The van der Waals surface area contributed by atoms with Crippen LogP contribution in [-0.4, -0.2) is 45.1 Å². The summed E-state index contributed by atoms with van der Waals surface area (Å²) in [5.41, 5.74) is 6.16. The number of rotatable bonds is 11. The highest BCUT2D eigenvalue weighted by Gasteiger charge is 2.52. The van der Waals surface area contributed by atoms with Gasteiger partial charge in [-0.15, -0.1) is 6.58 Å². The number of carbonyl (C=O) groups excluding carboxylic acids is 1. The van der Waals surface area contributed by atoms with Crippen LogP contribution in [0.4, 0.5) is 37.8 Å². The first-order chi connectivity index (χ1) is 24.4. The van der Waals surface area contributed by atoms with Crippen molar-refractivity contribution >= 4 is 38.3 Å². The molecule has 1 aliphatic carbocycles. The highest BCUT2D eigenvalue weighted by atomic mass is 32.2. The summed E-state index contributed by atoms with van der Waals surface area (Å²) in [5, 5.41) is 11.1. The predicted molar refractivity (Wildman–Crippen MR) is 181 cm³/mol. The maximum Gasteiger partial charge on any atom is 0.296 e. The second kappa shape index (κ2) is 13.3. The fourth-order valence-electron chi connectivity index (χ4n) is 6.62. The Hall–Kier alpha value is -5.39. The number of nitrogens with one attached hydrogen (secondary N) is 2. The fourth-order valence-corrected chi connectivity index (χ4v) is 7.12. The molecule has 0 aliphatic heterocycles. The number of alkyl halides is 4. The zero-order chi connectivity index (χ0) is 37.9. The van der Waals surface area contributed by atoms with E-state index >= 15 is 8.78 Å². The molecule has 4 N–H and O–H groups in total. The van der Waals surface area contributed by atoms with E-state index in [9.17, 15) is 30.8 Å². The van der Waals surface area contributed by atoms with Gasteiger partial charge >= 0.3 is 0 Å². The summed E-state index contributed by atoms with van der Waals surface area (Å²) in [5.74, 6) is -7.87. The van der Waals surface area contributed by atoms with Gasteiger partial charge in [0.05, 0.1) is 40.8 Å². The minimum atomic E-state index is -3.73. The van der Waals surface area contributed by atoms with Crippen LogP contribution in [0, 0.1) is 24.5 Å². The highest BCUT2D eigenvalue weighted by Crippen LogP contribution is 2.49. The van der Waals surface area contributed by atoms with Crippen LogP contribution < -0.4 is 15.8 Å². The van der Waals surface area contributed by atoms with Gasteiger partial charge in [0.2, 0.25) is 15.9 Å². The Morgan fingerprint density at radius 3 is 2.44 bits per heavy atom. The number of sulfonamides is 1. The quantitative estimate of drug-likeness (QED) is 0.113. The Balaban J connectivity index is 1.48. The van der Waals surface area contributed by atoms with E-state index in [0.717, 1.165) is 24.5 Å². The molecular formula is C34H32F6N8O3S. The Labute approximate surface area is 293 Å². The lowest BCUT2D eigenvalue weighted by molar-refractivity contribution is -0.123. The molecule has 6 rings (SSSR count). The van der Waals surface area contributed by atoms with Gasteiger partial charge in [-0.2, -0.15) is 19.0 Å². The first-order valence-electron chi connectivity index (χ1n) is 15.7. The second-order valence-electron chi connectivity index (χ2n) is 12.6. The van der Waals surface area contributed by atoms with Crippen LogP contribution in [0.5, 0.6) is 0 Å². The van der Waals surface area contributed by atoms with Crippen molar-refractivity contribution in [1.82, 2.24) is 29.9 Å². The van der Waals surface area contributed by atoms with E-state index < -0.39 is 76.2 Å². The van der Waals surface area contributed by atoms with Gasteiger partial charge in [0, 0.05) is 35.2 Å². The van der Waals surface area contributed by atoms with Crippen LogP contribution in [0.15, 0.2) is 55.1 Å². The number of hydrogen-bond donors (Lipinski definition) is 3. The van der Waals surface area contributed by atoms with Crippen molar-refractivity contribution in [2.75, 3.05) is 16.7 Å². The summed E-state index contributed by atoms with van der Waals surface area (Å²) in [6.07, 6.45) is -1.98. The maximum atomic E-state index is 15.4. The summed E-state index contributed by atoms with van der Waals surface area (Å²) in [6, 6.07) is 8.00. The molecule has 2 unspecified atom stereocenters. The number of nitrogens with two attached hydrogens (primary N) is 1. The number of halogens is 6. The maximum absolute atomic E-state index is 15.4. The number of aryl methyl sites for hydroxylation is 2. The number of fused-ring (bicyclic) bond motifs is 2. The SMILES string of the molecule is C=CC1Cc2c(C(F)F)nn(CC(=O)NC(Cc3cc(F)cc(F)c3)c3nc(C)c(N)cc3-c3cccc4c(NS(C)(=O)=O)nn(C)c34)c2C1(F)F. The van der Waals surface area contributed by atoms with E-state index in [0.29, 0.717) is 38.5 Å². The number of benzene rings is 2. The van der Waals surface area contributed by atoms with Crippen molar-refractivity contribution in [1.29, 1.82) is 0 Å². The van der Waals surface area contributed by atoms with Crippen molar-refractivity contribution in [3.8, 4) is 11.1 Å². The molecule has 2 atom stereocenters. The van der Waals surface area contributed by atoms with E-state index in [4.69, 9.17) is 5.73 Å². The first-order valence-corrected chi connectivity index (χ1v) is 17.6. The molecule has 3 heterocycles. The molecule has 3 aromatic heterocycles. The number of hydrogen-bond acceptors (Lipinski definition) is 7. The van der Waals surface area contributed by atoms with Gasteiger partial charge < -0.3 is 11.1 Å². The monoisotopic (exact) mass is 746 g/mol. The molecule has 0 saturated carbocycles. The molecule has 18 heteroatoms. The molecule has 2 aromatic carbocycles. The van der Waals surface area contributed by atoms with E-state index in [1.807, 2.05) is 0 Å². The summed E-state index contributed by atoms with van der Waals surface area (Å²) >= 11 is 0. The van der Waals surface area contributed by atoms with Gasteiger partial charge in [0.1, 0.15) is 29.6 Å². The Morgan fingerprint density at radius 2 is 1.81 bits per heavy atom. The third kappa shape index (κ3) is 6.81. The van der Waals surface area contributed by atoms with Crippen molar-refractivity contribution in [2.45, 2.75) is 44.7 Å². The Bertz CT molecular complexity index is 2340. The third-order valence-electron chi connectivity index (χ3n) is 8.82. The van der Waals surface area contributed by atoms with Crippen LogP contribution >= 0.6 is 0 Å². The van der Waals surface area contributed by atoms with E-state index in [-0.39, 0.29) is 34.7 Å². The van der Waals surface area contributed by atoms with Crippen LogP contribution in [0.1, 0.15) is 46.4 Å². The lowest BCUT2D eigenvalue weighted by Crippen LogP contribution is -2.35. The molecule has 0 fully saturated rings. The number of pyridine rings is 1. The molecule has 1 amide bonds. The predicted octanol–water partition coefficient (Wildman–Crippen LogP) is 5.86. The van der Waals surface area contributed by atoms with E-state index in [1.165, 1.54) is 4.68 Å². The van der Waals surface area contributed by atoms with Crippen LogP contribution in [-0.2, 0) is 47.2 Å². The van der Waals surface area contributed by atoms with Gasteiger partial charge in [-0.3, -0.25) is 23.9 Å². The number of carbonyl (C=O) groups is 1. The molecule has 274 valence electrons. The number of amides is 1. The Kier molecular flexibility index (Phi) is 9.31. The number of aromatic nitrogens is 5. The zero-order valence-corrected chi connectivity index (χ0v) is 28.7. The lowest BCUT2D eigenvalue weighted by atomic mass is 9.93. The van der Waals surface area contributed by atoms with Gasteiger partial charge in [0.25, 0.3) is 12.3 Å². The van der Waals surface area contributed by atoms with Crippen molar-refractivity contribution in [3.63, 3.8) is 0 Å². The summed E-state index contributed by atoms with van der Waals surface area (Å²) in [6.45, 7) is 4.07. The normalized spacial score (nSPS) is 15.9. The summed E-state index contributed by atoms with van der Waals surface area (Å²) in [4.78, 5) is 18.4. The minimum absolute atomic E-state index is 0.0296. The first kappa shape index (κ1) is 36.4. The number of para-hydroxylation sites is 1. The van der Waals surface area contributed by atoms with Crippen molar-refractivity contribution < 1.29 is 39.6 Å². The molecule has 52 heavy (non-hydrogen) atoms. The molecule has 0 saturated heterocycles. The fraction of sp³-hybridized carbons (Fsp3) is 0.294. The number of nitrogen functional groups attached to an aromatic ring is 1. The smallest absolute Gasteiger partial charge is 0.296 e. The third-order valence-corrected chi connectivity index (χ3v) is 9.38. The van der Waals surface area contributed by atoms with E-state index in [1.54, 1.807) is 38.2 Å². The largest absolute Gasteiger partial charge is 0.397 e. The second-order valence-corrected chi connectivity index (χ2v) is 14.3. The number of nitrogens with zero attached hydrogens (tertiary/aromatic N) is 5. The molecule has 1 aliphatic rings. The van der Waals surface area contributed by atoms with Crippen LogP contribution in [0.3, 0.4) is 0 Å². The molecule has 5 aromatic rings. The number of allylic oxidation sites excluding steroid dienone is 1. The standard InChI is InChI=1S/C34H32F6N8O3S/c1-5-18-12-24-29(32(37)38)44-48(31(24)34(18,39)40)15-27(49)43-26(11-17-9-19(35)13-20(36)10-17)28-23(14-25(41)16(2)42-28)21-7-6-8-22-30(21)47(3)45-33(22)46-52(4,50)51/h5-10,13-14,18,26,32H,1,11-12,15,41H2,2-4H3,(H,43,49)(H,45,46). The molecule has 0 radical (unpaired) electrons. The van der Waals surface area contributed by atoms with Gasteiger partial charge in [0.15, 0.2) is 5.82 Å². The van der Waals surface area contributed by atoms with E-state index in [2.05, 4.69) is 31.8 Å². The van der Waals surface area contributed by atoms with Gasteiger partial charge in [-0.05, 0) is 49.6 Å². The topological polar surface area (TPSA) is 150 Å². The van der Waals surface area contributed by atoms with Gasteiger partial charge in [-0.1, -0.05) is 18.2 Å².